The van der Waals surface area contributed by atoms with Gasteiger partial charge < -0.3 is 4.74 Å². The molecule has 0 heterocycles. The van der Waals surface area contributed by atoms with Crippen LogP contribution in [0.3, 0.4) is 0 Å². The lowest BCUT2D eigenvalue weighted by atomic mass is 10.2. The van der Waals surface area contributed by atoms with Crippen LogP contribution in [0.1, 0.15) is 10.4 Å². The predicted molar refractivity (Wildman–Crippen MR) is 49.5 cm³/mol. The number of hydroxylamine groups is 1. The van der Waals surface area contributed by atoms with Gasteiger partial charge in [0.15, 0.2) is 0 Å². The van der Waals surface area contributed by atoms with Crippen molar-refractivity contribution in [2.45, 2.75) is 0 Å². The lowest BCUT2D eigenvalue weighted by Gasteiger charge is -2.00. The van der Waals surface area contributed by atoms with Gasteiger partial charge in [-0.15, -0.1) is 12.4 Å². The van der Waals surface area contributed by atoms with Crippen LogP contribution in [-0.2, 0) is 0 Å². The smallest absolute Gasteiger partial charge is 0.274 e. The summed E-state index contributed by atoms with van der Waals surface area (Å²) in [5, 5.41) is 8.28. The number of carbonyl (C=O) groups is 1. The van der Waals surface area contributed by atoms with E-state index in [1.807, 2.05) is 0 Å². The van der Waals surface area contributed by atoms with Crippen LogP contribution in [0.25, 0.3) is 0 Å². The summed E-state index contributed by atoms with van der Waals surface area (Å²) < 4.78 is 4.89. The second-order valence-electron chi connectivity index (χ2n) is 2.17. The highest BCUT2D eigenvalue weighted by Crippen LogP contribution is 2.10. The van der Waals surface area contributed by atoms with E-state index in [4.69, 9.17) is 9.94 Å². The van der Waals surface area contributed by atoms with Gasteiger partial charge in [0.2, 0.25) is 0 Å². The highest BCUT2D eigenvalue weighted by atomic mass is 35.5. The van der Waals surface area contributed by atoms with Crippen molar-refractivity contribution in [1.29, 1.82) is 0 Å². The van der Waals surface area contributed by atoms with Gasteiger partial charge in [0.05, 0.1) is 7.11 Å². The molecule has 0 fully saturated rings. The topological polar surface area (TPSA) is 58.6 Å². The number of ether oxygens (including phenoxy) is 1. The third kappa shape index (κ3) is 2.93. The zero-order chi connectivity index (χ0) is 8.97. The molecule has 0 aromatic heterocycles. The van der Waals surface area contributed by atoms with Crippen LogP contribution in [-0.4, -0.2) is 18.2 Å². The van der Waals surface area contributed by atoms with Crippen LogP contribution in [0.5, 0.6) is 5.75 Å². The fraction of sp³-hybridized carbons (Fsp3) is 0.125. The summed E-state index contributed by atoms with van der Waals surface area (Å²) in [6, 6.07) is 6.41. The Kier molecular flexibility index (Phi) is 4.87. The minimum Gasteiger partial charge on any atom is -0.497 e. The normalized spacial score (nSPS) is 8.46. The standard InChI is InChI=1S/C8H9NO3.ClH/c1-12-7-4-2-6(3-5-7)8(10)9-11;/h2-5,11H,1H3,(H,9,10);1H. The molecule has 0 atom stereocenters. The molecular weight excluding hydrogens is 194 g/mol. The number of amides is 1. The molecular formula is C8H10ClNO3. The molecule has 1 aromatic carbocycles. The summed E-state index contributed by atoms with van der Waals surface area (Å²) in [6.07, 6.45) is 0. The Morgan fingerprint density at radius 1 is 1.38 bits per heavy atom. The fourth-order valence-corrected chi connectivity index (χ4v) is 0.807. The van der Waals surface area contributed by atoms with E-state index < -0.39 is 5.91 Å². The van der Waals surface area contributed by atoms with Gasteiger partial charge >= 0.3 is 0 Å². The quantitative estimate of drug-likeness (QED) is 0.562. The van der Waals surface area contributed by atoms with Gasteiger partial charge in [-0.05, 0) is 24.3 Å². The Hall–Kier alpha value is -1.26. The number of hydrogen-bond acceptors (Lipinski definition) is 3. The third-order valence-corrected chi connectivity index (χ3v) is 1.45. The Balaban J connectivity index is 0.00000144. The molecule has 0 unspecified atom stereocenters. The van der Waals surface area contributed by atoms with Crippen molar-refractivity contribution >= 4 is 18.3 Å². The van der Waals surface area contributed by atoms with Crippen molar-refractivity contribution in [2.75, 3.05) is 7.11 Å². The van der Waals surface area contributed by atoms with Gasteiger partial charge in [0.25, 0.3) is 5.91 Å². The van der Waals surface area contributed by atoms with Crippen molar-refractivity contribution in [2.24, 2.45) is 0 Å². The molecule has 0 aliphatic carbocycles. The number of hydrogen-bond donors (Lipinski definition) is 2. The van der Waals surface area contributed by atoms with Crippen LogP contribution >= 0.6 is 12.4 Å². The molecule has 0 saturated carbocycles. The maximum Gasteiger partial charge on any atom is 0.274 e. The van der Waals surface area contributed by atoms with Crippen LogP contribution in [0, 0.1) is 0 Å². The van der Waals surface area contributed by atoms with Crippen molar-refractivity contribution in [3.8, 4) is 5.75 Å². The molecule has 72 valence electrons. The molecule has 2 N–H and O–H groups in total. The molecule has 1 amide bonds. The van der Waals surface area contributed by atoms with Crippen LogP contribution in [0.4, 0.5) is 0 Å². The largest absolute Gasteiger partial charge is 0.497 e. The fourth-order valence-electron chi connectivity index (χ4n) is 0.807. The number of nitrogens with one attached hydrogen (secondary N) is 1. The summed E-state index contributed by atoms with van der Waals surface area (Å²) in [4.78, 5) is 10.8. The first kappa shape index (κ1) is 11.7. The first-order valence-electron chi connectivity index (χ1n) is 3.36. The molecule has 0 saturated heterocycles. The second kappa shape index (κ2) is 5.40. The molecule has 1 rings (SSSR count). The van der Waals surface area contributed by atoms with E-state index in [2.05, 4.69) is 0 Å². The summed E-state index contributed by atoms with van der Waals surface area (Å²) in [5.74, 6) is 0.141. The van der Waals surface area contributed by atoms with Gasteiger partial charge in [0, 0.05) is 5.56 Å². The Morgan fingerprint density at radius 2 is 1.92 bits per heavy atom. The number of benzene rings is 1. The Morgan fingerprint density at radius 3 is 2.31 bits per heavy atom. The zero-order valence-electron chi connectivity index (χ0n) is 6.98. The Labute approximate surface area is 81.9 Å². The minimum atomic E-state index is -0.530. The van der Waals surface area contributed by atoms with E-state index in [0.29, 0.717) is 11.3 Å². The molecule has 13 heavy (non-hydrogen) atoms. The third-order valence-electron chi connectivity index (χ3n) is 1.45. The summed E-state index contributed by atoms with van der Waals surface area (Å²) in [6.45, 7) is 0. The summed E-state index contributed by atoms with van der Waals surface area (Å²) in [7, 11) is 1.54. The molecule has 0 spiro atoms. The molecule has 1 aromatic rings. The SMILES string of the molecule is COc1ccc(C(=O)NO)cc1.Cl. The highest BCUT2D eigenvalue weighted by molar-refractivity contribution is 5.93. The van der Waals surface area contributed by atoms with E-state index in [-0.39, 0.29) is 12.4 Å². The van der Waals surface area contributed by atoms with Gasteiger partial charge in [-0.2, -0.15) is 0 Å². The maximum absolute atomic E-state index is 10.8. The first-order chi connectivity index (χ1) is 5.77. The Bertz CT molecular complexity index is 273. The van der Waals surface area contributed by atoms with Gasteiger partial charge in [-0.25, -0.2) is 5.48 Å². The maximum atomic E-state index is 10.8. The van der Waals surface area contributed by atoms with Gasteiger partial charge in [-0.1, -0.05) is 0 Å². The number of methoxy groups -OCH3 is 1. The van der Waals surface area contributed by atoms with E-state index in [0.717, 1.165) is 0 Å². The van der Waals surface area contributed by atoms with Gasteiger partial charge in [-0.3, -0.25) is 10.0 Å². The predicted octanol–water partition coefficient (Wildman–Crippen LogP) is 1.24. The molecule has 4 nitrogen and oxygen atoms in total. The van der Waals surface area contributed by atoms with Crippen molar-refractivity contribution < 1.29 is 14.7 Å². The molecule has 0 bridgehead atoms. The van der Waals surface area contributed by atoms with Gasteiger partial charge in [0.1, 0.15) is 5.75 Å². The van der Waals surface area contributed by atoms with Crippen LogP contribution in [0.2, 0.25) is 0 Å². The summed E-state index contributed by atoms with van der Waals surface area (Å²) in [5.41, 5.74) is 1.93. The van der Waals surface area contributed by atoms with E-state index in [9.17, 15) is 4.79 Å². The number of carbonyl (C=O) groups excluding carboxylic acids is 1. The van der Waals surface area contributed by atoms with Crippen molar-refractivity contribution in [1.82, 2.24) is 5.48 Å². The zero-order valence-corrected chi connectivity index (χ0v) is 7.80. The molecule has 0 aliphatic heterocycles. The van der Waals surface area contributed by atoms with Crippen molar-refractivity contribution in [3.63, 3.8) is 0 Å². The van der Waals surface area contributed by atoms with Crippen LogP contribution in [0.15, 0.2) is 24.3 Å². The second-order valence-corrected chi connectivity index (χ2v) is 2.17. The summed E-state index contributed by atoms with van der Waals surface area (Å²) >= 11 is 0. The molecule has 5 heteroatoms. The average Bonchev–Trinajstić information content (AvgIpc) is 2.17. The van der Waals surface area contributed by atoms with E-state index in [1.54, 1.807) is 31.4 Å². The molecule has 0 aliphatic rings. The molecule has 0 radical (unpaired) electrons. The lowest BCUT2D eigenvalue weighted by Crippen LogP contribution is -2.18. The minimum absolute atomic E-state index is 0. The van der Waals surface area contributed by atoms with Crippen LogP contribution < -0.4 is 10.2 Å². The van der Waals surface area contributed by atoms with E-state index >= 15 is 0 Å². The van der Waals surface area contributed by atoms with E-state index in [1.165, 1.54) is 5.48 Å². The van der Waals surface area contributed by atoms with Crippen molar-refractivity contribution in [3.05, 3.63) is 29.8 Å². The number of halogens is 1. The average molecular weight is 204 g/mol. The lowest BCUT2D eigenvalue weighted by molar-refractivity contribution is 0.0706. The highest BCUT2D eigenvalue weighted by Gasteiger charge is 2.02. The first-order valence-corrected chi connectivity index (χ1v) is 3.36. The number of rotatable bonds is 2. The monoisotopic (exact) mass is 203 g/mol.